The zero-order valence-corrected chi connectivity index (χ0v) is 16.5. The summed E-state index contributed by atoms with van der Waals surface area (Å²) >= 11 is 1.47. The Kier molecular flexibility index (Phi) is 4.78. The zero-order chi connectivity index (χ0) is 19.8. The topological polar surface area (TPSA) is 76.6 Å². The molecule has 6 nitrogen and oxygen atoms in total. The first-order valence-corrected chi connectivity index (χ1v) is 9.90. The molecule has 1 aliphatic rings. The van der Waals surface area contributed by atoms with E-state index in [-0.39, 0.29) is 11.3 Å². The summed E-state index contributed by atoms with van der Waals surface area (Å²) in [5.74, 6) is -1.34. The molecule has 1 saturated heterocycles. The molecule has 1 aliphatic heterocycles. The van der Waals surface area contributed by atoms with Crippen LogP contribution in [0.5, 0.6) is 0 Å². The van der Waals surface area contributed by atoms with Crippen LogP contribution in [0, 0.1) is 0 Å². The lowest BCUT2D eigenvalue weighted by Crippen LogP contribution is -2.35. The van der Waals surface area contributed by atoms with Crippen molar-refractivity contribution < 1.29 is 14.7 Å². The summed E-state index contributed by atoms with van der Waals surface area (Å²) in [4.78, 5) is 33.2. The summed E-state index contributed by atoms with van der Waals surface area (Å²) in [7, 11) is 3.84. The van der Waals surface area contributed by atoms with Crippen LogP contribution < -0.4 is 0 Å². The van der Waals surface area contributed by atoms with Crippen molar-refractivity contribution >= 4 is 39.7 Å². The van der Waals surface area contributed by atoms with Gasteiger partial charge in [-0.3, -0.25) is 9.59 Å². The van der Waals surface area contributed by atoms with Crippen molar-refractivity contribution in [3.63, 3.8) is 0 Å². The maximum atomic E-state index is 12.9. The van der Waals surface area contributed by atoms with Crippen molar-refractivity contribution in [1.29, 1.82) is 0 Å². The van der Waals surface area contributed by atoms with E-state index in [0.29, 0.717) is 18.7 Å². The molecule has 2 aromatic heterocycles. The number of likely N-dealkylation sites (N-methyl/N-ethyl adjacent to an activating group) is 1. The predicted octanol–water partition coefficient (Wildman–Crippen LogP) is 3.21. The maximum absolute atomic E-state index is 12.9. The van der Waals surface area contributed by atoms with Crippen molar-refractivity contribution in [2.75, 3.05) is 27.2 Å². The average molecular weight is 395 g/mol. The molecule has 0 spiro atoms. The van der Waals surface area contributed by atoms with E-state index in [1.807, 2.05) is 60.8 Å². The van der Waals surface area contributed by atoms with Gasteiger partial charge in [0.2, 0.25) is 0 Å². The number of amides is 1. The molecule has 1 fully saturated rings. The standard InChI is InChI=1S/C21H21N3O3S/c1-23(2)9-10-24-18(16-8-5-11-28-16)17(20(26)21(24)27)19(25)14-12-22-15-7-4-3-6-13(14)15/h3-8,11-12,18,22,25H,9-10H2,1-2H3/b19-17+/t18-/m0/s1. The van der Waals surface area contributed by atoms with E-state index in [4.69, 9.17) is 0 Å². The number of para-hydroxylation sites is 1. The number of carbonyl (C=O) groups is 2. The van der Waals surface area contributed by atoms with Crippen molar-refractivity contribution in [2.45, 2.75) is 6.04 Å². The fourth-order valence-corrected chi connectivity index (χ4v) is 4.42. The van der Waals surface area contributed by atoms with Crippen molar-refractivity contribution in [1.82, 2.24) is 14.8 Å². The van der Waals surface area contributed by atoms with Gasteiger partial charge in [-0.25, -0.2) is 0 Å². The first-order chi connectivity index (χ1) is 13.5. The van der Waals surface area contributed by atoms with E-state index in [1.165, 1.54) is 11.3 Å². The molecule has 0 unspecified atom stereocenters. The van der Waals surface area contributed by atoms with Crippen LogP contribution in [0.15, 0.2) is 53.5 Å². The molecule has 3 aromatic rings. The van der Waals surface area contributed by atoms with E-state index in [2.05, 4.69) is 4.98 Å². The van der Waals surface area contributed by atoms with Gasteiger partial charge in [-0.2, -0.15) is 0 Å². The van der Waals surface area contributed by atoms with Crippen LogP contribution in [-0.4, -0.2) is 58.8 Å². The predicted molar refractivity (Wildman–Crippen MR) is 110 cm³/mol. The van der Waals surface area contributed by atoms with Crippen LogP contribution in [0.4, 0.5) is 0 Å². The summed E-state index contributed by atoms with van der Waals surface area (Å²) in [5.41, 5.74) is 1.54. The molecule has 2 N–H and O–H groups in total. The highest BCUT2D eigenvalue weighted by atomic mass is 32.1. The van der Waals surface area contributed by atoms with Crippen LogP contribution in [0.2, 0.25) is 0 Å². The number of carbonyl (C=O) groups excluding carboxylic acids is 2. The number of nitrogens with one attached hydrogen (secondary N) is 1. The molecule has 1 atom stereocenters. The molecule has 0 bridgehead atoms. The molecular formula is C21H21N3O3S. The zero-order valence-electron chi connectivity index (χ0n) is 15.7. The Balaban J connectivity index is 1.86. The second kappa shape index (κ2) is 7.26. The smallest absolute Gasteiger partial charge is 0.295 e. The largest absolute Gasteiger partial charge is 0.507 e. The van der Waals surface area contributed by atoms with Crippen LogP contribution in [0.25, 0.3) is 16.7 Å². The highest BCUT2D eigenvalue weighted by molar-refractivity contribution is 7.10. The van der Waals surface area contributed by atoms with E-state index in [1.54, 1.807) is 11.1 Å². The van der Waals surface area contributed by atoms with Gasteiger partial charge >= 0.3 is 0 Å². The third-order valence-corrected chi connectivity index (χ3v) is 5.91. The minimum Gasteiger partial charge on any atom is -0.507 e. The number of ketones is 1. The van der Waals surface area contributed by atoms with Crippen LogP contribution in [0.1, 0.15) is 16.5 Å². The summed E-state index contributed by atoms with van der Waals surface area (Å²) < 4.78 is 0. The number of aromatic amines is 1. The highest BCUT2D eigenvalue weighted by Crippen LogP contribution is 2.41. The van der Waals surface area contributed by atoms with Gasteiger partial charge in [0.15, 0.2) is 0 Å². The monoisotopic (exact) mass is 395 g/mol. The molecule has 0 aliphatic carbocycles. The third kappa shape index (κ3) is 3.02. The molecule has 0 saturated carbocycles. The number of Topliss-reactive ketones (excluding diaryl/α,β-unsaturated/α-hetero) is 1. The van der Waals surface area contributed by atoms with Crippen molar-refractivity contribution in [3.05, 3.63) is 64.0 Å². The van der Waals surface area contributed by atoms with Gasteiger partial charge in [0.1, 0.15) is 5.76 Å². The fraction of sp³-hybridized carbons (Fsp3) is 0.238. The van der Waals surface area contributed by atoms with Gasteiger partial charge in [0, 0.05) is 40.6 Å². The number of benzene rings is 1. The maximum Gasteiger partial charge on any atom is 0.295 e. The number of H-pyrrole nitrogens is 1. The van der Waals surface area contributed by atoms with Crippen LogP contribution >= 0.6 is 11.3 Å². The number of thiophene rings is 1. The Morgan fingerprint density at radius 3 is 2.71 bits per heavy atom. The van der Waals surface area contributed by atoms with E-state index in [0.717, 1.165) is 15.8 Å². The Morgan fingerprint density at radius 2 is 2.00 bits per heavy atom. The van der Waals surface area contributed by atoms with E-state index >= 15 is 0 Å². The lowest BCUT2D eigenvalue weighted by molar-refractivity contribution is -0.140. The third-order valence-electron chi connectivity index (χ3n) is 4.99. The minimum absolute atomic E-state index is 0.137. The Bertz CT molecular complexity index is 1070. The normalized spacial score (nSPS) is 19.2. The number of nitrogens with zero attached hydrogens (tertiary/aromatic N) is 2. The molecule has 7 heteroatoms. The Labute approximate surface area is 166 Å². The van der Waals surface area contributed by atoms with Crippen LogP contribution in [-0.2, 0) is 9.59 Å². The van der Waals surface area contributed by atoms with Crippen molar-refractivity contribution in [3.8, 4) is 0 Å². The summed E-state index contributed by atoms with van der Waals surface area (Å²) in [6.45, 7) is 1.03. The molecule has 28 heavy (non-hydrogen) atoms. The summed E-state index contributed by atoms with van der Waals surface area (Å²) in [5, 5.41) is 13.8. The van der Waals surface area contributed by atoms with Gasteiger partial charge in [-0.1, -0.05) is 24.3 Å². The van der Waals surface area contributed by atoms with E-state index < -0.39 is 17.7 Å². The molecule has 144 valence electrons. The Hall–Kier alpha value is -2.90. The number of fused-ring (bicyclic) bond motifs is 1. The van der Waals surface area contributed by atoms with E-state index in [9.17, 15) is 14.7 Å². The molecular weight excluding hydrogens is 374 g/mol. The molecule has 4 rings (SSSR count). The van der Waals surface area contributed by atoms with Crippen LogP contribution in [0.3, 0.4) is 0 Å². The van der Waals surface area contributed by atoms with Gasteiger partial charge in [0.25, 0.3) is 11.7 Å². The molecule has 0 radical (unpaired) electrons. The van der Waals surface area contributed by atoms with Gasteiger partial charge in [0.05, 0.1) is 11.6 Å². The highest BCUT2D eigenvalue weighted by Gasteiger charge is 2.46. The minimum atomic E-state index is -0.639. The summed E-state index contributed by atoms with van der Waals surface area (Å²) in [6.07, 6.45) is 1.68. The van der Waals surface area contributed by atoms with Gasteiger partial charge in [-0.05, 0) is 31.6 Å². The Morgan fingerprint density at radius 1 is 1.21 bits per heavy atom. The first kappa shape index (κ1) is 18.5. The molecule has 1 aromatic carbocycles. The van der Waals surface area contributed by atoms with Gasteiger partial charge in [-0.15, -0.1) is 11.3 Å². The first-order valence-electron chi connectivity index (χ1n) is 9.02. The number of hydrogen-bond donors (Lipinski definition) is 2. The van der Waals surface area contributed by atoms with Crippen molar-refractivity contribution in [2.24, 2.45) is 0 Å². The second-order valence-electron chi connectivity index (χ2n) is 7.06. The fourth-order valence-electron chi connectivity index (χ4n) is 3.57. The average Bonchev–Trinajstić information content (AvgIpc) is 3.39. The number of rotatable bonds is 5. The number of hydrogen-bond acceptors (Lipinski definition) is 5. The second-order valence-corrected chi connectivity index (χ2v) is 8.04. The lowest BCUT2D eigenvalue weighted by Gasteiger charge is -2.25. The lowest BCUT2D eigenvalue weighted by atomic mass is 9.99. The van der Waals surface area contributed by atoms with Gasteiger partial charge < -0.3 is 19.9 Å². The summed E-state index contributed by atoms with van der Waals surface area (Å²) in [6, 6.07) is 10.8. The quantitative estimate of drug-likeness (QED) is 0.395. The number of aliphatic hydroxyl groups excluding tert-OH is 1. The number of likely N-dealkylation sites (tertiary alicyclic amines) is 1. The SMILES string of the molecule is CN(C)CCN1C(=O)C(=O)/C(=C(/O)c2c[nH]c3ccccc23)[C@@H]1c1cccs1. The molecule has 3 heterocycles. The number of aromatic nitrogens is 1. The number of aliphatic hydroxyl groups is 1. The molecule has 1 amide bonds.